The van der Waals surface area contributed by atoms with Gasteiger partial charge in [-0.3, -0.25) is 9.36 Å². The molecule has 0 aliphatic carbocycles. The van der Waals surface area contributed by atoms with Crippen LogP contribution in [0.25, 0.3) is 17.2 Å². The van der Waals surface area contributed by atoms with Gasteiger partial charge in [-0.15, -0.1) is 10.2 Å². The first-order valence-electron chi connectivity index (χ1n) is 11.3. The number of aromatic amines is 1. The Morgan fingerprint density at radius 1 is 1.05 bits per heavy atom. The number of pyridine rings is 1. The van der Waals surface area contributed by atoms with Crippen LogP contribution in [0.3, 0.4) is 0 Å². The molecular weight excluding hydrogens is 516 g/mol. The lowest BCUT2D eigenvalue weighted by atomic mass is 10.2. The van der Waals surface area contributed by atoms with Crippen molar-refractivity contribution < 1.29 is 22.6 Å². The second kappa shape index (κ2) is 11.0. The van der Waals surface area contributed by atoms with Crippen molar-refractivity contribution in [3.63, 3.8) is 0 Å². The number of aromatic nitrogens is 8. The molecule has 0 aliphatic heterocycles. The van der Waals surface area contributed by atoms with Gasteiger partial charge in [-0.25, -0.2) is 28.4 Å². The van der Waals surface area contributed by atoms with E-state index in [4.69, 9.17) is 14.2 Å². The van der Waals surface area contributed by atoms with Crippen LogP contribution >= 0.6 is 0 Å². The average molecular weight is 543 g/mol. The molecule has 0 fully saturated rings. The highest BCUT2D eigenvalue weighted by molar-refractivity contribution is 7.91. The van der Waals surface area contributed by atoms with Crippen LogP contribution in [-0.2, 0) is 20.3 Å². The van der Waals surface area contributed by atoms with E-state index in [1.807, 2.05) is 6.92 Å². The molecule has 14 nitrogen and oxygen atoms in total. The van der Waals surface area contributed by atoms with E-state index in [0.717, 1.165) is 5.56 Å². The van der Waals surface area contributed by atoms with E-state index in [2.05, 4.69) is 35.1 Å². The Morgan fingerprint density at radius 3 is 2.45 bits per heavy atom. The van der Waals surface area contributed by atoms with Crippen LogP contribution in [0.15, 0.2) is 41.7 Å². The van der Waals surface area contributed by atoms with Crippen LogP contribution in [0.1, 0.15) is 30.2 Å². The molecule has 0 saturated carbocycles. The Kier molecular flexibility index (Phi) is 7.78. The molecule has 0 spiro atoms. The van der Waals surface area contributed by atoms with Crippen molar-refractivity contribution in [1.29, 1.82) is 0 Å². The van der Waals surface area contributed by atoms with Gasteiger partial charge in [0.05, 0.1) is 25.8 Å². The van der Waals surface area contributed by atoms with E-state index in [9.17, 15) is 13.2 Å². The highest BCUT2D eigenvalue weighted by atomic mass is 32.2. The number of aryl methyl sites for hydroxylation is 1. The van der Waals surface area contributed by atoms with Gasteiger partial charge in [0.25, 0.3) is 5.56 Å². The van der Waals surface area contributed by atoms with Crippen molar-refractivity contribution in [3.05, 3.63) is 64.5 Å². The standard InChI is InChI=1S/C23H26N8O6S/c1-13-9-24-20(25-10-13)19(36-4)14(2)38(33,34)11-16-29-30-21(15-7-6-8-17(28-15)35-3)31(16)18-22(32)26-12-27-23(18)37-5/h6-10,12,14,19H,11H2,1-5H3,(H,26,27,32)/t14-,19-/m0/s1. The summed E-state index contributed by atoms with van der Waals surface area (Å²) in [6, 6.07) is 4.93. The molecule has 0 aliphatic rings. The zero-order valence-corrected chi connectivity index (χ0v) is 22.1. The van der Waals surface area contributed by atoms with Crippen molar-refractivity contribution in [2.24, 2.45) is 0 Å². The first-order valence-corrected chi connectivity index (χ1v) is 13.0. The molecule has 2 atom stereocenters. The second-order valence-electron chi connectivity index (χ2n) is 8.22. The number of sulfone groups is 1. The fourth-order valence-corrected chi connectivity index (χ4v) is 5.16. The highest BCUT2D eigenvalue weighted by Crippen LogP contribution is 2.29. The minimum atomic E-state index is -3.97. The van der Waals surface area contributed by atoms with E-state index in [1.165, 1.54) is 39.1 Å². The number of H-pyrrole nitrogens is 1. The van der Waals surface area contributed by atoms with Gasteiger partial charge in [0.15, 0.2) is 33.0 Å². The van der Waals surface area contributed by atoms with Crippen LogP contribution in [0, 0.1) is 6.92 Å². The third-order valence-corrected chi connectivity index (χ3v) is 7.78. The number of hydrogen-bond acceptors (Lipinski definition) is 12. The van der Waals surface area contributed by atoms with Crippen molar-refractivity contribution in [3.8, 4) is 29.0 Å². The summed E-state index contributed by atoms with van der Waals surface area (Å²) in [4.78, 5) is 32.3. The summed E-state index contributed by atoms with van der Waals surface area (Å²) in [5.41, 5.74) is 0.390. The molecule has 0 amide bonds. The number of ether oxygens (including phenoxy) is 3. The Labute approximate surface area is 218 Å². The number of methoxy groups -OCH3 is 3. The van der Waals surface area contributed by atoms with Gasteiger partial charge in [-0.1, -0.05) is 6.07 Å². The summed E-state index contributed by atoms with van der Waals surface area (Å²) >= 11 is 0. The molecule has 0 bridgehead atoms. The first kappa shape index (κ1) is 26.8. The van der Waals surface area contributed by atoms with Crippen LogP contribution in [0.2, 0.25) is 0 Å². The van der Waals surface area contributed by atoms with Crippen molar-refractivity contribution in [1.82, 2.24) is 39.7 Å². The fourth-order valence-electron chi connectivity index (χ4n) is 3.74. The van der Waals surface area contributed by atoms with Crippen molar-refractivity contribution >= 4 is 9.84 Å². The topological polar surface area (TPSA) is 177 Å². The average Bonchev–Trinajstić information content (AvgIpc) is 3.32. The lowest BCUT2D eigenvalue weighted by Gasteiger charge is -2.21. The molecular formula is C23H26N8O6S. The minimum Gasteiger partial charge on any atom is -0.481 e. The fraction of sp³-hybridized carbons (Fsp3) is 0.348. The summed E-state index contributed by atoms with van der Waals surface area (Å²) in [6.45, 7) is 3.32. The molecule has 4 aromatic rings. The van der Waals surface area contributed by atoms with Gasteiger partial charge >= 0.3 is 0 Å². The lowest BCUT2D eigenvalue weighted by molar-refractivity contribution is 0.0947. The van der Waals surface area contributed by atoms with Crippen molar-refractivity contribution in [2.75, 3.05) is 21.3 Å². The largest absolute Gasteiger partial charge is 0.481 e. The van der Waals surface area contributed by atoms with E-state index in [1.54, 1.807) is 30.6 Å². The Bertz CT molecular complexity index is 1590. The number of nitrogens with zero attached hydrogens (tertiary/aromatic N) is 7. The molecule has 200 valence electrons. The minimum absolute atomic E-state index is 0.0621. The predicted octanol–water partition coefficient (Wildman–Crippen LogP) is 1.22. The summed E-state index contributed by atoms with van der Waals surface area (Å²) in [5, 5.41) is 7.22. The van der Waals surface area contributed by atoms with Gasteiger partial charge < -0.3 is 19.2 Å². The maximum atomic E-state index is 13.6. The van der Waals surface area contributed by atoms with Gasteiger partial charge in [0.2, 0.25) is 11.8 Å². The van der Waals surface area contributed by atoms with Crippen LogP contribution in [0.4, 0.5) is 0 Å². The van der Waals surface area contributed by atoms with E-state index in [0.29, 0.717) is 0 Å². The first-order chi connectivity index (χ1) is 18.2. The second-order valence-corrected chi connectivity index (χ2v) is 10.6. The van der Waals surface area contributed by atoms with E-state index < -0.39 is 32.5 Å². The molecule has 4 rings (SSSR count). The highest BCUT2D eigenvalue weighted by Gasteiger charge is 2.35. The summed E-state index contributed by atoms with van der Waals surface area (Å²) in [5.74, 6) is -0.131. The van der Waals surface area contributed by atoms with Crippen LogP contribution in [-0.4, -0.2) is 74.7 Å². The SMILES string of the molecule is COc1cccc(-c2nnc(CS(=O)(=O)[C@@H](C)[C@H](OC)c3ncc(C)cn3)n2-c2c(OC)nc[nH]c2=O)n1. The third-order valence-electron chi connectivity index (χ3n) is 5.74. The maximum Gasteiger partial charge on any atom is 0.279 e. The Morgan fingerprint density at radius 2 is 1.79 bits per heavy atom. The smallest absolute Gasteiger partial charge is 0.279 e. The molecule has 38 heavy (non-hydrogen) atoms. The lowest BCUT2D eigenvalue weighted by Crippen LogP contribution is -2.30. The normalized spacial score (nSPS) is 13.2. The molecule has 15 heteroatoms. The Balaban J connectivity index is 1.84. The predicted molar refractivity (Wildman–Crippen MR) is 135 cm³/mol. The Hall–Kier alpha value is -4.24. The van der Waals surface area contributed by atoms with E-state index in [-0.39, 0.29) is 40.6 Å². The van der Waals surface area contributed by atoms with Gasteiger partial charge in [0.1, 0.15) is 17.6 Å². The number of rotatable bonds is 10. The number of nitrogens with one attached hydrogen (secondary N) is 1. The molecule has 4 aromatic heterocycles. The quantitative estimate of drug-likeness (QED) is 0.303. The van der Waals surface area contributed by atoms with Crippen LogP contribution < -0.4 is 15.0 Å². The zero-order chi connectivity index (χ0) is 27.4. The third kappa shape index (κ3) is 5.24. The molecule has 0 radical (unpaired) electrons. The maximum absolute atomic E-state index is 13.6. The zero-order valence-electron chi connectivity index (χ0n) is 21.3. The van der Waals surface area contributed by atoms with Gasteiger partial charge in [-0.05, 0) is 25.5 Å². The van der Waals surface area contributed by atoms with Gasteiger partial charge in [-0.2, -0.15) is 0 Å². The molecule has 0 unspecified atom stereocenters. The summed E-state index contributed by atoms with van der Waals surface area (Å²) in [6.07, 6.45) is 3.38. The molecule has 0 saturated heterocycles. The van der Waals surface area contributed by atoms with Gasteiger partial charge in [0, 0.05) is 25.6 Å². The number of hydrogen-bond donors (Lipinski definition) is 1. The summed E-state index contributed by atoms with van der Waals surface area (Å²) in [7, 11) is 0.199. The monoisotopic (exact) mass is 542 g/mol. The molecule has 0 aromatic carbocycles. The summed E-state index contributed by atoms with van der Waals surface area (Å²) < 4.78 is 44.5. The van der Waals surface area contributed by atoms with E-state index >= 15 is 0 Å². The van der Waals surface area contributed by atoms with Crippen LogP contribution in [0.5, 0.6) is 11.8 Å². The molecule has 4 heterocycles. The molecule has 1 N–H and O–H groups in total. The van der Waals surface area contributed by atoms with Crippen molar-refractivity contribution in [2.45, 2.75) is 31.0 Å².